The van der Waals surface area contributed by atoms with Crippen LogP contribution in [0.25, 0.3) is 0 Å². The van der Waals surface area contributed by atoms with Crippen LogP contribution in [0.3, 0.4) is 0 Å². The van der Waals surface area contributed by atoms with Crippen molar-refractivity contribution in [2.24, 2.45) is 0 Å². The molecule has 0 radical (unpaired) electrons. The normalized spacial score (nSPS) is 10.2. The number of hydrogen-bond donors (Lipinski definition) is 1. The van der Waals surface area contributed by atoms with Crippen LogP contribution in [0.4, 0.5) is 4.39 Å². The molecule has 0 heterocycles. The molecule has 0 spiro atoms. The van der Waals surface area contributed by atoms with Crippen LogP contribution in [0.2, 0.25) is 0 Å². The molecular weight excluding hydrogens is 287 g/mol. The van der Waals surface area contributed by atoms with Gasteiger partial charge in [-0.05, 0) is 35.9 Å². The van der Waals surface area contributed by atoms with Crippen molar-refractivity contribution in [1.29, 1.82) is 0 Å². The number of phenolic OH excluding ortho intramolecular Hbond substituents is 1. The topological polar surface area (TPSA) is 29.5 Å². The number of ether oxygens (including phenoxy) is 1. The Morgan fingerprint density at radius 1 is 1.18 bits per heavy atom. The predicted molar refractivity (Wildman–Crippen MR) is 66.5 cm³/mol. The first-order chi connectivity index (χ1) is 8.15. The van der Waals surface area contributed by atoms with Crippen molar-refractivity contribution < 1.29 is 14.2 Å². The predicted octanol–water partition coefficient (Wildman–Crippen LogP) is 3.87. The highest BCUT2D eigenvalue weighted by Gasteiger charge is 2.02. The fraction of sp³-hybridized carbons (Fsp3) is 0.0769. The van der Waals surface area contributed by atoms with Crippen LogP contribution in [0.5, 0.6) is 11.5 Å². The van der Waals surface area contributed by atoms with Crippen molar-refractivity contribution in [1.82, 2.24) is 0 Å². The fourth-order valence-corrected chi connectivity index (χ4v) is 1.75. The second-order valence-electron chi connectivity index (χ2n) is 3.53. The minimum absolute atomic E-state index is 0.282. The maximum Gasteiger partial charge on any atom is 0.164 e. The molecule has 2 aromatic carbocycles. The molecule has 2 aromatic rings. The van der Waals surface area contributed by atoms with E-state index in [1.165, 1.54) is 12.1 Å². The molecule has 88 valence electrons. The van der Waals surface area contributed by atoms with Crippen molar-refractivity contribution in [2.75, 3.05) is 0 Å². The van der Waals surface area contributed by atoms with Crippen LogP contribution in [-0.2, 0) is 6.61 Å². The average Bonchev–Trinajstić information content (AvgIpc) is 2.31. The number of phenols is 1. The van der Waals surface area contributed by atoms with Gasteiger partial charge in [0.15, 0.2) is 11.6 Å². The lowest BCUT2D eigenvalue weighted by molar-refractivity contribution is 0.304. The first-order valence-electron chi connectivity index (χ1n) is 5.01. The van der Waals surface area contributed by atoms with E-state index in [0.29, 0.717) is 11.3 Å². The fourth-order valence-electron chi connectivity index (χ4n) is 1.37. The van der Waals surface area contributed by atoms with Crippen LogP contribution >= 0.6 is 15.9 Å². The molecule has 0 aliphatic rings. The number of rotatable bonds is 3. The Morgan fingerprint density at radius 2 is 2.00 bits per heavy atom. The van der Waals surface area contributed by atoms with E-state index < -0.39 is 5.82 Å². The van der Waals surface area contributed by atoms with Crippen molar-refractivity contribution in [3.05, 3.63) is 58.3 Å². The molecule has 0 amide bonds. The van der Waals surface area contributed by atoms with Crippen LogP contribution < -0.4 is 4.74 Å². The standard InChI is InChI=1S/C13H10BrFO2/c14-10-2-1-3-11(7-10)17-8-9-4-5-12(15)13(16)6-9/h1-7,16H,8H2. The molecular formula is C13H10BrFO2. The van der Waals surface area contributed by atoms with Crippen LogP contribution in [0.15, 0.2) is 46.9 Å². The van der Waals surface area contributed by atoms with Gasteiger partial charge >= 0.3 is 0 Å². The summed E-state index contributed by atoms with van der Waals surface area (Å²) >= 11 is 3.34. The Morgan fingerprint density at radius 3 is 2.71 bits per heavy atom. The summed E-state index contributed by atoms with van der Waals surface area (Å²) in [5, 5.41) is 9.20. The van der Waals surface area contributed by atoms with Crippen molar-refractivity contribution >= 4 is 15.9 Å². The lowest BCUT2D eigenvalue weighted by atomic mass is 10.2. The minimum atomic E-state index is -0.629. The zero-order valence-corrected chi connectivity index (χ0v) is 10.4. The second kappa shape index (κ2) is 5.19. The number of benzene rings is 2. The summed E-state index contributed by atoms with van der Waals surface area (Å²) in [7, 11) is 0. The summed E-state index contributed by atoms with van der Waals surface area (Å²) in [4.78, 5) is 0. The Labute approximate surface area is 107 Å². The summed E-state index contributed by atoms with van der Waals surface area (Å²) in [6.07, 6.45) is 0. The highest BCUT2D eigenvalue weighted by Crippen LogP contribution is 2.21. The zero-order valence-electron chi connectivity index (χ0n) is 8.86. The van der Waals surface area contributed by atoms with Gasteiger partial charge in [-0.3, -0.25) is 0 Å². The van der Waals surface area contributed by atoms with Gasteiger partial charge in [0.2, 0.25) is 0 Å². The number of aromatic hydroxyl groups is 1. The van der Waals surface area contributed by atoms with E-state index in [2.05, 4.69) is 15.9 Å². The van der Waals surface area contributed by atoms with E-state index in [9.17, 15) is 9.50 Å². The van der Waals surface area contributed by atoms with Gasteiger partial charge in [0.25, 0.3) is 0 Å². The second-order valence-corrected chi connectivity index (χ2v) is 4.45. The van der Waals surface area contributed by atoms with Crippen molar-refractivity contribution in [3.8, 4) is 11.5 Å². The van der Waals surface area contributed by atoms with E-state index >= 15 is 0 Å². The lowest BCUT2D eigenvalue weighted by Crippen LogP contribution is -1.95. The zero-order chi connectivity index (χ0) is 12.3. The van der Waals surface area contributed by atoms with Gasteiger partial charge < -0.3 is 9.84 Å². The average molecular weight is 297 g/mol. The Kier molecular flexibility index (Phi) is 3.64. The third-order valence-corrected chi connectivity index (χ3v) is 2.71. The SMILES string of the molecule is Oc1cc(COc2cccc(Br)c2)ccc1F. The van der Waals surface area contributed by atoms with E-state index in [-0.39, 0.29) is 12.4 Å². The molecule has 0 saturated carbocycles. The first kappa shape index (κ1) is 11.9. The van der Waals surface area contributed by atoms with Crippen molar-refractivity contribution in [3.63, 3.8) is 0 Å². The number of halogens is 2. The van der Waals surface area contributed by atoms with Gasteiger partial charge in [-0.15, -0.1) is 0 Å². The maximum absolute atomic E-state index is 12.8. The van der Waals surface area contributed by atoms with E-state index in [4.69, 9.17) is 4.74 Å². The molecule has 0 aliphatic heterocycles. The largest absolute Gasteiger partial charge is 0.505 e. The third kappa shape index (κ3) is 3.20. The molecule has 0 saturated heterocycles. The van der Waals surface area contributed by atoms with Crippen molar-refractivity contribution in [2.45, 2.75) is 6.61 Å². The molecule has 0 aliphatic carbocycles. The molecule has 0 fully saturated rings. The highest BCUT2D eigenvalue weighted by molar-refractivity contribution is 9.10. The van der Waals surface area contributed by atoms with Crippen LogP contribution in [0.1, 0.15) is 5.56 Å². The quantitative estimate of drug-likeness (QED) is 0.931. The molecule has 17 heavy (non-hydrogen) atoms. The van der Waals surface area contributed by atoms with Gasteiger partial charge in [0.05, 0.1) is 0 Å². The Bertz CT molecular complexity index is 529. The first-order valence-corrected chi connectivity index (χ1v) is 5.80. The molecule has 4 heteroatoms. The summed E-state index contributed by atoms with van der Waals surface area (Å²) in [5.41, 5.74) is 0.712. The van der Waals surface area contributed by atoms with Crippen LogP contribution in [0, 0.1) is 5.82 Å². The van der Waals surface area contributed by atoms with E-state index in [1.807, 2.05) is 24.3 Å². The van der Waals surface area contributed by atoms with Crippen LogP contribution in [-0.4, -0.2) is 5.11 Å². The summed E-state index contributed by atoms with van der Waals surface area (Å²) < 4.78 is 19.2. The molecule has 0 aromatic heterocycles. The molecule has 1 N–H and O–H groups in total. The summed E-state index contributed by atoms with van der Waals surface area (Å²) in [6, 6.07) is 11.6. The Hall–Kier alpha value is -1.55. The lowest BCUT2D eigenvalue weighted by Gasteiger charge is -2.07. The summed E-state index contributed by atoms with van der Waals surface area (Å²) in [5.74, 6) is -0.278. The molecule has 0 unspecified atom stereocenters. The molecule has 2 rings (SSSR count). The van der Waals surface area contributed by atoms with Gasteiger partial charge in [0, 0.05) is 4.47 Å². The minimum Gasteiger partial charge on any atom is -0.505 e. The monoisotopic (exact) mass is 296 g/mol. The summed E-state index contributed by atoms with van der Waals surface area (Å²) in [6.45, 7) is 0.282. The van der Waals surface area contributed by atoms with E-state index in [0.717, 1.165) is 4.47 Å². The smallest absolute Gasteiger partial charge is 0.164 e. The number of hydrogen-bond acceptors (Lipinski definition) is 2. The highest BCUT2D eigenvalue weighted by atomic mass is 79.9. The molecule has 2 nitrogen and oxygen atoms in total. The Balaban J connectivity index is 2.05. The molecule has 0 atom stereocenters. The third-order valence-electron chi connectivity index (χ3n) is 2.21. The van der Waals surface area contributed by atoms with Gasteiger partial charge in [0.1, 0.15) is 12.4 Å². The maximum atomic E-state index is 12.8. The molecule has 0 bridgehead atoms. The van der Waals surface area contributed by atoms with Gasteiger partial charge in [-0.2, -0.15) is 0 Å². The van der Waals surface area contributed by atoms with Gasteiger partial charge in [-0.1, -0.05) is 28.1 Å². The van der Waals surface area contributed by atoms with E-state index in [1.54, 1.807) is 6.07 Å². The van der Waals surface area contributed by atoms with Gasteiger partial charge in [-0.25, -0.2) is 4.39 Å².